The van der Waals surface area contributed by atoms with E-state index in [1.54, 1.807) is 12.1 Å². The summed E-state index contributed by atoms with van der Waals surface area (Å²) in [5.74, 6) is -0.357. The molecule has 1 aromatic carbocycles. The molecule has 0 aromatic heterocycles. The van der Waals surface area contributed by atoms with Gasteiger partial charge in [-0.05, 0) is 25.0 Å². The highest BCUT2D eigenvalue weighted by molar-refractivity contribution is 6.30. The van der Waals surface area contributed by atoms with Crippen molar-refractivity contribution >= 4 is 11.6 Å². The molecule has 0 amide bonds. The minimum Gasteiger partial charge on any atom is -0.394 e. The van der Waals surface area contributed by atoms with Gasteiger partial charge in [0.05, 0.1) is 12.6 Å². The number of aliphatic hydroxyl groups excluding tert-OH is 1. The second-order valence-corrected chi connectivity index (χ2v) is 5.34. The van der Waals surface area contributed by atoms with Crippen LogP contribution in [0.1, 0.15) is 43.7 Å². The normalized spacial score (nSPS) is 18.8. The zero-order valence-electron chi connectivity index (χ0n) is 10.3. The molecule has 2 N–H and O–H groups in total. The number of hydrogen-bond acceptors (Lipinski definition) is 2. The predicted octanol–water partition coefficient (Wildman–Crippen LogP) is 3.43. The minimum absolute atomic E-state index is 0.102. The molecule has 100 valence electrons. The summed E-state index contributed by atoms with van der Waals surface area (Å²) in [6.07, 6.45) is 5.90. The van der Waals surface area contributed by atoms with Crippen LogP contribution in [0.4, 0.5) is 4.39 Å². The Morgan fingerprint density at radius 1 is 1.33 bits per heavy atom. The number of nitrogens with one attached hydrogen (secondary N) is 1. The molecular formula is C14H19ClFNO. The molecule has 0 heterocycles. The largest absolute Gasteiger partial charge is 0.394 e. The third kappa shape index (κ3) is 3.44. The van der Waals surface area contributed by atoms with E-state index in [1.807, 2.05) is 0 Å². The van der Waals surface area contributed by atoms with Crippen molar-refractivity contribution in [3.05, 3.63) is 34.6 Å². The van der Waals surface area contributed by atoms with Crippen LogP contribution in [-0.4, -0.2) is 17.8 Å². The number of rotatable bonds is 4. The van der Waals surface area contributed by atoms with Gasteiger partial charge in [-0.1, -0.05) is 36.9 Å². The summed E-state index contributed by atoms with van der Waals surface area (Å²) < 4.78 is 13.8. The van der Waals surface area contributed by atoms with Gasteiger partial charge in [-0.25, -0.2) is 4.39 Å². The van der Waals surface area contributed by atoms with Crippen LogP contribution in [0.25, 0.3) is 0 Å². The minimum atomic E-state index is -0.357. The summed E-state index contributed by atoms with van der Waals surface area (Å²) in [6, 6.07) is 4.64. The highest BCUT2D eigenvalue weighted by Gasteiger charge is 2.20. The molecule has 1 saturated carbocycles. The SMILES string of the molecule is OCC(NC1CCCCC1)c1ccc(Cl)cc1F. The monoisotopic (exact) mass is 271 g/mol. The van der Waals surface area contributed by atoms with Crippen molar-refractivity contribution < 1.29 is 9.50 Å². The average Bonchev–Trinajstić information content (AvgIpc) is 2.38. The first kappa shape index (κ1) is 13.8. The molecule has 1 fully saturated rings. The highest BCUT2D eigenvalue weighted by Crippen LogP contribution is 2.24. The third-order valence-electron chi connectivity index (χ3n) is 3.56. The van der Waals surface area contributed by atoms with Crippen LogP contribution < -0.4 is 5.32 Å². The molecule has 4 heteroatoms. The molecule has 18 heavy (non-hydrogen) atoms. The Kier molecular flexibility index (Phi) is 4.98. The van der Waals surface area contributed by atoms with Gasteiger partial charge in [0.15, 0.2) is 0 Å². The lowest BCUT2D eigenvalue weighted by atomic mass is 9.94. The summed E-state index contributed by atoms with van der Waals surface area (Å²) in [6.45, 7) is -0.102. The number of halogens is 2. The summed E-state index contributed by atoms with van der Waals surface area (Å²) in [4.78, 5) is 0. The number of benzene rings is 1. The van der Waals surface area contributed by atoms with Crippen LogP contribution in [-0.2, 0) is 0 Å². The molecule has 1 aromatic rings. The van der Waals surface area contributed by atoms with E-state index in [9.17, 15) is 9.50 Å². The van der Waals surface area contributed by atoms with Crippen LogP contribution in [0, 0.1) is 5.82 Å². The fraction of sp³-hybridized carbons (Fsp3) is 0.571. The van der Waals surface area contributed by atoms with Gasteiger partial charge in [-0.15, -0.1) is 0 Å². The van der Waals surface area contributed by atoms with Gasteiger partial charge in [-0.2, -0.15) is 0 Å². The van der Waals surface area contributed by atoms with E-state index in [0.29, 0.717) is 16.6 Å². The first-order chi connectivity index (χ1) is 8.70. The summed E-state index contributed by atoms with van der Waals surface area (Å²) in [5.41, 5.74) is 0.493. The van der Waals surface area contributed by atoms with Crippen LogP contribution in [0.15, 0.2) is 18.2 Å². The van der Waals surface area contributed by atoms with Crippen LogP contribution in [0.5, 0.6) is 0 Å². The van der Waals surface area contributed by atoms with Crippen molar-refractivity contribution in [1.82, 2.24) is 5.32 Å². The Bertz CT molecular complexity index is 393. The zero-order valence-corrected chi connectivity index (χ0v) is 11.1. The van der Waals surface area contributed by atoms with Crippen molar-refractivity contribution in [1.29, 1.82) is 0 Å². The summed E-state index contributed by atoms with van der Waals surface area (Å²) >= 11 is 5.73. The maximum absolute atomic E-state index is 13.8. The fourth-order valence-electron chi connectivity index (χ4n) is 2.58. The van der Waals surface area contributed by atoms with E-state index in [-0.39, 0.29) is 18.5 Å². The lowest BCUT2D eigenvalue weighted by Crippen LogP contribution is -2.36. The van der Waals surface area contributed by atoms with Crippen LogP contribution in [0.2, 0.25) is 5.02 Å². The molecule has 0 aliphatic heterocycles. The molecule has 0 saturated heterocycles. The highest BCUT2D eigenvalue weighted by atomic mass is 35.5. The summed E-state index contributed by atoms with van der Waals surface area (Å²) in [7, 11) is 0. The van der Waals surface area contributed by atoms with Gasteiger partial charge in [0, 0.05) is 16.6 Å². The Morgan fingerprint density at radius 2 is 2.06 bits per heavy atom. The molecule has 1 aliphatic rings. The number of hydrogen-bond donors (Lipinski definition) is 2. The molecule has 1 aliphatic carbocycles. The van der Waals surface area contributed by atoms with Gasteiger partial charge in [0.2, 0.25) is 0 Å². The molecule has 2 rings (SSSR count). The predicted molar refractivity (Wildman–Crippen MR) is 71.2 cm³/mol. The van der Waals surface area contributed by atoms with Gasteiger partial charge >= 0.3 is 0 Å². The average molecular weight is 272 g/mol. The lowest BCUT2D eigenvalue weighted by Gasteiger charge is -2.28. The smallest absolute Gasteiger partial charge is 0.129 e. The van der Waals surface area contributed by atoms with Crippen molar-refractivity contribution in [3.8, 4) is 0 Å². The fourth-order valence-corrected chi connectivity index (χ4v) is 2.74. The standard InChI is InChI=1S/C14H19ClFNO/c15-10-6-7-12(13(16)8-10)14(9-18)17-11-4-2-1-3-5-11/h6-8,11,14,17-18H,1-5,9H2. The van der Waals surface area contributed by atoms with E-state index in [2.05, 4.69) is 5.32 Å². The lowest BCUT2D eigenvalue weighted by molar-refractivity contribution is 0.217. The molecule has 2 nitrogen and oxygen atoms in total. The Hall–Kier alpha value is -0.640. The molecule has 0 radical (unpaired) electrons. The van der Waals surface area contributed by atoms with Gasteiger partial charge in [0.25, 0.3) is 0 Å². The van der Waals surface area contributed by atoms with Gasteiger partial charge < -0.3 is 10.4 Å². The molecule has 0 bridgehead atoms. The van der Waals surface area contributed by atoms with E-state index in [0.717, 1.165) is 12.8 Å². The number of aliphatic hydroxyl groups is 1. The topological polar surface area (TPSA) is 32.3 Å². The maximum Gasteiger partial charge on any atom is 0.129 e. The van der Waals surface area contributed by atoms with E-state index < -0.39 is 0 Å². The third-order valence-corrected chi connectivity index (χ3v) is 3.80. The van der Waals surface area contributed by atoms with E-state index >= 15 is 0 Å². The summed E-state index contributed by atoms with van der Waals surface area (Å²) in [5, 5.41) is 13.2. The Labute approximate surface area is 112 Å². The maximum atomic E-state index is 13.8. The Morgan fingerprint density at radius 3 is 2.67 bits per heavy atom. The van der Waals surface area contributed by atoms with Crippen molar-refractivity contribution in [3.63, 3.8) is 0 Å². The van der Waals surface area contributed by atoms with Gasteiger partial charge in [-0.3, -0.25) is 0 Å². The quantitative estimate of drug-likeness (QED) is 0.879. The second-order valence-electron chi connectivity index (χ2n) is 4.90. The van der Waals surface area contributed by atoms with Crippen molar-refractivity contribution in [2.75, 3.05) is 6.61 Å². The van der Waals surface area contributed by atoms with Crippen LogP contribution >= 0.6 is 11.6 Å². The first-order valence-electron chi connectivity index (χ1n) is 6.52. The second kappa shape index (κ2) is 6.50. The molecule has 1 atom stereocenters. The van der Waals surface area contributed by atoms with Gasteiger partial charge in [0.1, 0.15) is 5.82 Å². The Balaban J connectivity index is 2.07. The molecule has 1 unspecified atom stereocenters. The molecular weight excluding hydrogens is 253 g/mol. The first-order valence-corrected chi connectivity index (χ1v) is 6.90. The van der Waals surface area contributed by atoms with Crippen molar-refractivity contribution in [2.24, 2.45) is 0 Å². The van der Waals surface area contributed by atoms with E-state index in [4.69, 9.17) is 11.6 Å². The van der Waals surface area contributed by atoms with Crippen LogP contribution in [0.3, 0.4) is 0 Å². The van der Waals surface area contributed by atoms with E-state index in [1.165, 1.54) is 25.3 Å². The van der Waals surface area contributed by atoms with Crippen molar-refractivity contribution in [2.45, 2.75) is 44.2 Å². The molecule has 0 spiro atoms. The zero-order chi connectivity index (χ0) is 13.0.